The topological polar surface area (TPSA) is 21.3 Å². The fourth-order valence-electron chi connectivity index (χ4n) is 1.48. The SMILES string of the molecule is CCCC(C)NCCOCc1cccs1. The lowest BCUT2D eigenvalue weighted by molar-refractivity contribution is 0.123. The molecular formula is C12H21NOS. The predicted octanol–water partition coefficient (Wildman–Crippen LogP) is 3.04. The Labute approximate surface area is 96.7 Å². The average molecular weight is 227 g/mol. The number of hydrogen-bond acceptors (Lipinski definition) is 3. The molecule has 0 aliphatic rings. The van der Waals surface area contributed by atoms with Crippen LogP contribution in [0.25, 0.3) is 0 Å². The minimum atomic E-state index is 0.611. The van der Waals surface area contributed by atoms with Gasteiger partial charge in [0.1, 0.15) is 0 Å². The molecule has 1 N–H and O–H groups in total. The summed E-state index contributed by atoms with van der Waals surface area (Å²) in [5, 5.41) is 5.53. The molecule has 2 nitrogen and oxygen atoms in total. The van der Waals surface area contributed by atoms with E-state index in [2.05, 4.69) is 36.7 Å². The van der Waals surface area contributed by atoms with Gasteiger partial charge < -0.3 is 10.1 Å². The highest BCUT2D eigenvalue weighted by Crippen LogP contribution is 2.09. The summed E-state index contributed by atoms with van der Waals surface area (Å²) < 4.78 is 5.55. The largest absolute Gasteiger partial charge is 0.375 e. The Morgan fingerprint density at radius 1 is 1.53 bits per heavy atom. The van der Waals surface area contributed by atoms with E-state index in [4.69, 9.17) is 4.74 Å². The van der Waals surface area contributed by atoms with Crippen LogP contribution < -0.4 is 5.32 Å². The monoisotopic (exact) mass is 227 g/mol. The lowest BCUT2D eigenvalue weighted by Crippen LogP contribution is -2.29. The van der Waals surface area contributed by atoms with Crippen LogP contribution in [0.4, 0.5) is 0 Å². The first-order valence-corrected chi connectivity index (χ1v) is 6.54. The van der Waals surface area contributed by atoms with Crippen molar-refractivity contribution in [2.24, 2.45) is 0 Å². The maximum atomic E-state index is 5.55. The zero-order valence-electron chi connectivity index (χ0n) is 9.66. The fraction of sp³-hybridized carbons (Fsp3) is 0.667. The van der Waals surface area contributed by atoms with Crippen LogP contribution in [0.3, 0.4) is 0 Å². The molecule has 3 heteroatoms. The van der Waals surface area contributed by atoms with Crippen molar-refractivity contribution in [3.05, 3.63) is 22.4 Å². The first kappa shape index (κ1) is 12.7. The molecule has 0 aliphatic heterocycles. The van der Waals surface area contributed by atoms with Gasteiger partial charge in [0.15, 0.2) is 0 Å². The van der Waals surface area contributed by atoms with Gasteiger partial charge in [0.25, 0.3) is 0 Å². The van der Waals surface area contributed by atoms with Gasteiger partial charge in [-0.3, -0.25) is 0 Å². The Balaban J connectivity index is 1.93. The first-order valence-electron chi connectivity index (χ1n) is 5.66. The molecular weight excluding hydrogens is 206 g/mol. The summed E-state index contributed by atoms with van der Waals surface area (Å²) in [7, 11) is 0. The van der Waals surface area contributed by atoms with Crippen LogP contribution in [0.5, 0.6) is 0 Å². The zero-order chi connectivity index (χ0) is 10.9. The number of thiophene rings is 1. The van der Waals surface area contributed by atoms with E-state index < -0.39 is 0 Å². The highest BCUT2D eigenvalue weighted by atomic mass is 32.1. The Morgan fingerprint density at radius 3 is 3.07 bits per heavy atom. The summed E-state index contributed by atoms with van der Waals surface area (Å²) in [6, 6.07) is 4.78. The lowest BCUT2D eigenvalue weighted by atomic mass is 10.2. The second-order valence-electron chi connectivity index (χ2n) is 3.78. The molecule has 0 bridgehead atoms. The van der Waals surface area contributed by atoms with E-state index in [0.29, 0.717) is 6.04 Å². The Kier molecular flexibility index (Phi) is 6.64. The van der Waals surface area contributed by atoms with Crippen molar-refractivity contribution in [3.63, 3.8) is 0 Å². The van der Waals surface area contributed by atoms with Crippen molar-refractivity contribution >= 4 is 11.3 Å². The van der Waals surface area contributed by atoms with Gasteiger partial charge in [-0.2, -0.15) is 0 Å². The number of ether oxygens (including phenoxy) is 1. The van der Waals surface area contributed by atoms with E-state index in [1.54, 1.807) is 11.3 Å². The highest BCUT2D eigenvalue weighted by molar-refractivity contribution is 7.09. The summed E-state index contributed by atoms with van der Waals surface area (Å²) in [5.41, 5.74) is 0. The maximum Gasteiger partial charge on any atom is 0.0809 e. The Morgan fingerprint density at radius 2 is 2.40 bits per heavy atom. The smallest absolute Gasteiger partial charge is 0.0809 e. The van der Waals surface area contributed by atoms with Crippen molar-refractivity contribution in [1.82, 2.24) is 5.32 Å². The first-order chi connectivity index (χ1) is 7.33. The molecule has 0 spiro atoms. The van der Waals surface area contributed by atoms with Gasteiger partial charge in [0.05, 0.1) is 13.2 Å². The standard InChI is InChI=1S/C12H21NOS/c1-3-5-11(2)13-7-8-14-10-12-6-4-9-15-12/h4,6,9,11,13H,3,5,7-8,10H2,1-2H3. The van der Waals surface area contributed by atoms with E-state index in [1.807, 2.05) is 0 Å². The number of hydrogen-bond donors (Lipinski definition) is 1. The molecule has 1 unspecified atom stereocenters. The molecule has 0 amide bonds. The number of rotatable bonds is 8. The quantitative estimate of drug-likeness (QED) is 0.689. The van der Waals surface area contributed by atoms with Gasteiger partial charge >= 0.3 is 0 Å². The average Bonchev–Trinajstić information content (AvgIpc) is 2.70. The van der Waals surface area contributed by atoms with Gasteiger partial charge in [0, 0.05) is 17.5 Å². The second-order valence-corrected chi connectivity index (χ2v) is 4.81. The molecule has 1 aromatic rings. The van der Waals surface area contributed by atoms with Crippen LogP contribution >= 0.6 is 11.3 Å². The second kappa shape index (κ2) is 7.85. The molecule has 0 aliphatic carbocycles. The lowest BCUT2D eigenvalue weighted by Gasteiger charge is -2.12. The molecule has 1 rings (SSSR count). The maximum absolute atomic E-state index is 5.55. The van der Waals surface area contributed by atoms with E-state index in [0.717, 1.165) is 19.8 Å². The molecule has 1 heterocycles. The summed E-state index contributed by atoms with van der Waals surface area (Å²) >= 11 is 1.75. The van der Waals surface area contributed by atoms with E-state index in [-0.39, 0.29) is 0 Å². The van der Waals surface area contributed by atoms with Crippen LogP contribution in [0.2, 0.25) is 0 Å². The Hall–Kier alpha value is -0.380. The van der Waals surface area contributed by atoms with Crippen molar-refractivity contribution in [1.29, 1.82) is 0 Å². The molecule has 0 saturated heterocycles. The molecule has 0 aromatic carbocycles. The third-order valence-electron chi connectivity index (χ3n) is 2.29. The molecule has 15 heavy (non-hydrogen) atoms. The molecule has 0 saturated carbocycles. The van der Waals surface area contributed by atoms with Crippen molar-refractivity contribution in [3.8, 4) is 0 Å². The minimum absolute atomic E-state index is 0.611. The Bertz CT molecular complexity index is 236. The molecule has 0 radical (unpaired) electrons. The van der Waals surface area contributed by atoms with Gasteiger partial charge in [0.2, 0.25) is 0 Å². The third kappa shape index (κ3) is 5.92. The normalized spacial score (nSPS) is 12.9. The summed E-state index contributed by atoms with van der Waals surface area (Å²) in [4.78, 5) is 1.30. The van der Waals surface area contributed by atoms with Crippen LogP contribution in [-0.2, 0) is 11.3 Å². The van der Waals surface area contributed by atoms with Gasteiger partial charge in [-0.1, -0.05) is 19.4 Å². The van der Waals surface area contributed by atoms with Crippen LogP contribution in [0.15, 0.2) is 17.5 Å². The van der Waals surface area contributed by atoms with Gasteiger partial charge in [-0.25, -0.2) is 0 Å². The molecule has 1 aromatic heterocycles. The van der Waals surface area contributed by atoms with Crippen LogP contribution in [0.1, 0.15) is 31.6 Å². The van der Waals surface area contributed by atoms with E-state index in [9.17, 15) is 0 Å². The molecule has 86 valence electrons. The summed E-state index contributed by atoms with van der Waals surface area (Å²) in [6.07, 6.45) is 2.48. The van der Waals surface area contributed by atoms with E-state index in [1.165, 1.54) is 17.7 Å². The third-order valence-corrected chi connectivity index (χ3v) is 3.14. The molecule has 1 atom stereocenters. The van der Waals surface area contributed by atoms with Crippen molar-refractivity contribution in [2.45, 2.75) is 39.3 Å². The van der Waals surface area contributed by atoms with Gasteiger partial charge in [-0.15, -0.1) is 11.3 Å². The van der Waals surface area contributed by atoms with Crippen molar-refractivity contribution < 1.29 is 4.74 Å². The molecule has 0 fully saturated rings. The fourth-order valence-corrected chi connectivity index (χ4v) is 2.12. The minimum Gasteiger partial charge on any atom is -0.375 e. The van der Waals surface area contributed by atoms with E-state index >= 15 is 0 Å². The predicted molar refractivity (Wildman–Crippen MR) is 66.3 cm³/mol. The highest BCUT2D eigenvalue weighted by Gasteiger charge is 1.98. The summed E-state index contributed by atoms with van der Waals surface area (Å²) in [5.74, 6) is 0. The van der Waals surface area contributed by atoms with Crippen LogP contribution in [-0.4, -0.2) is 19.2 Å². The van der Waals surface area contributed by atoms with Crippen LogP contribution in [0, 0.1) is 0 Å². The van der Waals surface area contributed by atoms with Gasteiger partial charge in [-0.05, 0) is 24.8 Å². The summed E-state index contributed by atoms with van der Waals surface area (Å²) in [6.45, 7) is 6.94. The number of nitrogens with one attached hydrogen (secondary N) is 1. The zero-order valence-corrected chi connectivity index (χ0v) is 10.5. The van der Waals surface area contributed by atoms with Crippen molar-refractivity contribution in [2.75, 3.05) is 13.2 Å².